The number of ether oxygens (including phenoxy) is 1. The number of aromatic hydroxyl groups is 1. The number of hydrogen-bond acceptors (Lipinski definition) is 2. The molecule has 0 spiro atoms. The van der Waals surface area contributed by atoms with Crippen LogP contribution in [0.4, 0.5) is 0 Å². The van der Waals surface area contributed by atoms with Gasteiger partial charge in [-0.1, -0.05) is 44.9 Å². The Hall–Kier alpha value is -1.96. The second-order valence-electron chi connectivity index (χ2n) is 5.32. The van der Waals surface area contributed by atoms with E-state index in [1.165, 1.54) is 11.1 Å². The molecule has 0 amide bonds. The molecule has 0 aliphatic heterocycles. The molecule has 2 heteroatoms. The Balaban J connectivity index is 2.24. The Labute approximate surface area is 127 Å². The van der Waals surface area contributed by atoms with Crippen molar-refractivity contribution < 1.29 is 9.84 Å². The minimum Gasteiger partial charge on any atom is -0.508 e. The molecule has 0 aromatic heterocycles. The van der Waals surface area contributed by atoms with Crippen molar-refractivity contribution in [3.63, 3.8) is 0 Å². The van der Waals surface area contributed by atoms with Crippen molar-refractivity contribution >= 4 is 0 Å². The normalized spacial score (nSPS) is 10.6. The molecule has 2 aromatic rings. The summed E-state index contributed by atoms with van der Waals surface area (Å²) in [4.78, 5) is 0. The maximum absolute atomic E-state index is 9.39. The molecule has 0 bridgehead atoms. The molecule has 0 radical (unpaired) electrons. The van der Waals surface area contributed by atoms with Crippen LogP contribution in [0.2, 0.25) is 0 Å². The molecule has 0 heterocycles. The van der Waals surface area contributed by atoms with Crippen LogP contribution in [-0.4, -0.2) is 11.7 Å². The molecular weight excluding hydrogens is 260 g/mol. The first-order valence-corrected chi connectivity index (χ1v) is 7.79. The molecular formula is C19H24O2. The lowest BCUT2D eigenvalue weighted by Gasteiger charge is -2.13. The van der Waals surface area contributed by atoms with Gasteiger partial charge in [-0.25, -0.2) is 0 Å². The summed E-state index contributed by atoms with van der Waals surface area (Å²) in [7, 11) is 0. The van der Waals surface area contributed by atoms with Crippen molar-refractivity contribution in [2.45, 2.75) is 39.5 Å². The van der Waals surface area contributed by atoms with E-state index in [1.54, 1.807) is 12.1 Å². The number of hydrogen-bond donors (Lipinski definition) is 1. The summed E-state index contributed by atoms with van der Waals surface area (Å²) in [5.41, 5.74) is 3.55. The average molecular weight is 284 g/mol. The van der Waals surface area contributed by atoms with E-state index in [4.69, 9.17) is 4.74 Å². The summed E-state index contributed by atoms with van der Waals surface area (Å²) >= 11 is 0. The molecule has 0 saturated heterocycles. The standard InChI is InChI=1S/C19H24O2/c1-3-5-13-21-19-12-9-16(14-17(19)6-4-2)15-7-10-18(20)11-8-15/h7-12,14,20H,3-6,13H2,1-2H3. The number of unbranched alkanes of at least 4 members (excludes halogenated alkanes) is 1. The van der Waals surface area contributed by atoms with Gasteiger partial charge < -0.3 is 9.84 Å². The lowest BCUT2D eigenvalue weighted by atomic mass is 10.00. The molecule has 0 unspecified atom stereocenters. The van der Waals surface area contributed by atoms with E-state index in [0.717, 1.165) is 43.6 Å². The van der Waals surface area contributed by atoms with Crippen LogP contribution in [0.15, 0.2) is 42.5 Å². The third kappa shape index (κ3) is 4.25. The maximum Gasteiger partial charge on any atom is 0.122 e. The van der Waals surface area contributed by atoms with Crippen LogP contribution in [0.1, 0.15) is 38.7 Å². The van der Waals surface area contributed by atoms with Gasteiger partial charge in [-0.15, -0.1) is 0 Å². The Morgan fingerprint density at radius 2 is 1.62 bits per heavy atom. The summed E-state index contributed by atoms with van der Waals surface area (Å²) in [6.45, 7) is 5.14. The maximum atomic E-state index is 9.39. The van der Waals surface area contributed by atoms with Gasteiger partial charge in [0.1, 0.15) is 11.5 Å². The molecule has 0 fully saturated rings. The SMILES string of the molecule is CCCCOc1ccc(-c2ccc(O)cc2)cc1CCC. The Morgan fingerprint density at radius 3 is 2.29 bits per heavy atom. The fourth-order valence-electron chi connectivity index (χ4n) is 2.34. The van der Waals surface area contributed by atoms with Gasteiger partial charge in [0.15, 0.2) is 0 Å². The molecule has 0 saturated carbocycles. The number of aryl methyl sites for hydroxylation is 1. The van der Waals surface area contributed by atoms with Gasteiger partial charge in [0, 0.05) is 0 Å². The van der Waals surface area contributed by atoms with Crippen LogP contribution in [0, 0.1) is 0 Å². The monoisotopic (exact) mass is 284 g/mol. The summed E-state index contributed by atoms with van der Waals surface area (Å²) < 4.78 is 5.90. The topological polar surface area (TPSA) is 29.5 Å². The van der Waals surface area contributed by atoms with Crippen LogP contribution >= 0.6 is 0 Å². The zero-order valence-corrected chi connectivity index (χ0v) is 12.9. The first-order valence-electron chi connectivity index (χ1n) is 7.79. The third-order valence-corrected chi connectivity index (χ3v) is 3.54. The van der Waals surface area contributed by atoms with Gasteiger partial charge in [-0.3, -0.25) is 0 Å². The molecule has 0 atom stereocenters. The lowest BCUT2D eigenvalue weighted by Crippen LogP contribution is -2.00. The van der Waals surface area contributed by atoms with Gasteiger partial charge in [-0.2, -0.15) is 0 Å². The van der Waals surface area contributed by atoms with Crippen LogP contribution in [0.25, 0.3) is 11.1 Å². The van der Waals surface area contributed by atoms with Gasteiger partial charge in [0.05, 0.1) is 6.61 Å². The molecule has 2 aromatic carbocycles. The van der Waals surface area contributed by atoms with Gasteiger partial charge >= 0.3 is 0 Å². The van der Waals surface area contributed by atoms with E-state index in [-0.39, 0.29) is 0 Å². The summed E-state index contributed by atoms with van der Waals surface area (Å²) in [5.74, 6) is 1.31. The number of rotatable bonds is 7. The Bertz CT molecular complexity index is 558. The van der Waals surface area contributed by atoms with Crippen LogP contribution < -0.4 is 4.74 Å². The quantitative estimate of drug-likeness (QED) is 0.709. The van der Waals surface area contributed by atoms with Crippen LogP contribution in [0.5, 0.6) is 11.5 Å². The predicted molar refractivity (Wildman–Crippen MR) is 87.9 cm³/mol. The predicted octanol–water partition coefficient (Wildman–Crippen LogP) is 5.19. The number of phenolic OH excluding ortho intramolecular Hbond substituents is 1. The minimum absolute atomic E-state index is 0.298. The summed E-state index contributed by atoms with van der Waals surface area (Å²) in [6.07, 6.45) is 4.36. The minimum atomic E-state index is 0.298. The average Bonchev–Trinajstić information content (AvgIpc) is 2.50. The molecule has 112 valence electrons. The van der Waals surface area contributed by atoms with E-state index in [0.29, 0.717) is 5.75 Å². The van der Waals surface area contributed by atoms with Crippen molar-refractivity contribution in [3.05, 3.63) is 48.0 Å². The fraction of sp³-hybridized carbons (Fsp3) is 0.368. The van der Waals surface area contributed by atoms with Crippen LogP contribution in [0.3, 0.4) is 0 Å². The van der Waals surface area contributed by atoms with E-state index in [1.807, 2.05) is 12.1 Å². The molecule has 1 N–H and O–H groups in total. The highest BCUT2D eigenvalue weighted by atomic mass is 16.5. The largest absolute Gasteiger partial charge is 0.508 e. The third-order valence-electron chi connectivity index (χ3n) is 3.54. The van der Waals surface area contributed by atoms with Gasteiger partial charge in [0.2, 0.25) is 0 Å². The second-order valence-corrected chi connectivity index (χ2v) is 5.32. The van der Waals surface area contributed by atoms with Crippen molar-refractivity contribution in [3.8, 4) is 22.6 Å². The molecule has 2 nitrogen and oxygen atoms in total. The second kappa shape index (κ2) is 7.72. The van der Waals surface area contributed by atoms with Crippen molar-refractivity contribution in [2.24, 2.45) is 0 Å². The smallest absolute Gasteiger partial charge is 0.122 e. The molecule has 0 aliphatic rings. The molecule has 2 rings (SSSR count). The van der Waals surface area contributed by atoms with Crippen molar-refractivity contribution in [2.75, 3.05) is 6.61 Å². The molecule has 0 aliphatic carbocycles. The van der Waals surface area contributed by atoms with Crippen molar-refractivity contribution in [1.29, 1.82) is 0 Å². The fourth-order valence-corrected chi connectivity index (χ4v) is 2.34. The van der Waals surface area contributed by atoms with E-state index >= 15 is 0 Å². The molecule has 21 heavy (non-hydrogen) atoms. The highest BCUT2D eigenvalue weighted by molar-refractivity contribution is 5.66. The van der Waals surface area contributed by atoms with Crippen LogP contribution in [-0.2, 0) is 6.42 Å². The van der Waals surface area contributed by atoms with E-state index < -0.39 is 0 Å². The van der Waals surface area contributed by atoms with Gasteiger partial charge in [0.25, 0.3) is 0 Å². The first kappa shape index (κ1) is 15.4. The number of phenols is 1. The Kier molecular flexibility index (Phi) is 5.68. The highest BCUT2D eigenvalue weighted by Crippen LogP contribution is 2.29. The van der Waals surface area contributed by atoms with E-state index in [9.17, 15) is 5.11 Å². The van der Waals surface area contributed by atoms with E-state index in [2.05, 4.69) is 32.0 Å². The first-order chi connectivity index (χ1) is 10.2. The summed E-state index contributed by atoms with van der Waals surface area (Å²) in [6, 6.07) is 13.7. The lowest BCUT2D eigenvalue weighted by molar-refractivity contribution is 0.306. The summed E-state index contributed by atoms with van der Waals surface area (Å²) in [5, 5.41) is 9.39. The zero-order chi connectivity index (χ0) is 15.1. The van der Waals surface area contributed by atoms with Crippen molar-refractivity contribution in [1.82, 2.24) is 0 Å². The number of benzene rings is 2. The Morgan fingerprint density at radius 1 is 0.905 bits per heavy atom. The zero-order valence-electron chi connectivity index (χ0n) is 12.9. The van der Waals surface area contributed by atoms with Gasteiger partial charge in [-0.05, 0) is 53.8 Å². The highest BCUT2D eigenvalue weighted by Gasteiger charge is 2.06.